The Hall–Kier alpha value is -1.34. The van der Waals surface area contributed by atoms with Gasteiger partial charge in [0.15, 0.2) is 5.96 Å². The first-order chi connectivity index (χ1) is 13.3. The van der Waals surface area contributed by atoms with Crippen LogP contribution in [-0.4, -0.2) is 81.8 Å². The fraction of sp³-hybridized carbons (Fsp3) is 0.650. The second-order valence-electron chi connectivity index (χ2n) is 7.15. The first-order valence-electron chi connectivity index (χ1n) is 10.0. The molecule has 27 heavy (non-hydrogen) atoms. The monoisotopic (exact) mass is 393 g/mol. The Morgan fingerprint density at radius 2 is 1.96 bits per heavy atom. The molecule has 0 bridgehead atoms. The third-order valence-corrected chi connectivity index (χ3v) is 5.56. The first kappa shape index (κ1) is 20.4. The third-order valence-electron chi connectivity index (χ3n) is 5.33. The van der Waals surface area contributed by atoms with Crippen LogP contribution in [0.3, 0.4) is 0 Å². The van der Waals surface area contributed by atoms with Gasteiger partial charge in [0.25, 0.3) is 0 Å². The maximum absolute atomic E-state index is 6.24. The van der Waals surface area contributed by atoms with Crippen molar-refractivity contribution in [3.8, 4) is 0 Å². The average Bonchev–Trinajstić information content (AvgIpc) is 3.22. The van der Waals surface area contributed by atoms with E-state index in [4.69, 9.17) is 16.3 Å². The minimum atomic E-state index is 0.309. The summed E-state index contributed by atoms with van der Waals surface area (Å²) in [4.78, 5) is 9.35. The summed E-state index contributed by atoms with van der Waals surface area (Å²) in [6, 6.07) is 8.54. The van der Waals surface area contributed by atoms with E-state index in [9.17, 15) is 0 Å². The topological polar surface area (TPSA) is 52.1 Å². The zero-order valence-corrected chi connectivity index (χ0v) is 17.0. The van der Waals surface area contributed by atoms with Gasteiger partial charge in [-0.25, -0.2) is 0 Å². The molecule has 1 aromatic carbocycles. The quantitative estimate of drug-likeness (QED) is 0.548. The predicted octanol–water partition coefficient (Wildman–Crippen LogP) is 1.97. The smallest absolute Gasteiger partial charge is 0.191 e. The van der Waals surface area contributed by atoms with Crippen molar-refractivity contribution >= 4 is 17.6 Å². The van der Waals surface area contributed by atoms with Crippen LogP contribution in [0, 0.1) is 0 Å². The lowest BCUT2D eigenvalue weighted by molar-refractivity contribution is 0.0389. The lowest BCUT2D eigenvalue weighted by Gasteiger charge is -2.29. The molecule has 0 aliphatic carbocycles. The maximum atomic E-state index is 6.24. The molecule has 0 aromatic heterocycles. The Morgan fingerprint density at radius 3 is 2.67 bits per heavy atom. The Bertz CT molecular complexity index is 600. The second-order valence-corrected chi connectivity index (χ2v) is 7.58. The van der Waals surface area contributed by atoms with Crippen LogP contribution in [0.5, 0.6) is 0 Å². The van der Waals surface area contributed by atoms with Crippen molar-refractivity contribution in [1.29, 1.82) is 0 Å². The number of halogens is 1. The Labute approximate surface area is 167 Å². The van der Waals surface area contributed by atoms with Gasteiger partial charge in [0.2, 0.25) is 0 Å². The van der Waals surface area contributed by atoms with Crippen molar-refractivity contribution in [2.75, 3.05) is 66.1 Å². The molecule has 2 fully saturated rings. The van der Waals surface area contributed by atoms with E-state index in [1.807, 2.05) is 19.2 Å². The van der Waals surface area contributed by atoms with Crippen LogP contribution in [0.4, 0.5) is 0 Å². The molecule has 2 N–H and O–H groups in total. The number of nitrogens with one attached hydrogen (secondary N) is 2. The fourth-order valence-corrected chi connectivity index (χ4v) is 3.99. The summed E-state index contributed by atoms with van der Waals surface area (Å²) < 4.78 is 5.40. The number of rotatable bonds is 7. The molecule has 150 valence electrons. The molecule has 6 nitrogen and oxygen atoms in total. The zero-order chi connectivity index (χ0) is 18.9. The van der Waals surface area contributed by atoms with Crippen molar-refractivity contribution in [2.45, 2.75) is 18.9 Å². The molecule has 2 aliphatic rings. The largest absolute Gasteiger partial charge is 0.379 e. The molecule has 0 spiro atoms. The molecule has 2 heterocycles. The molecule has 7 heteroatoms. The molecular weight excluding hydrogens is 362 g/mol. The SMILES string of the molecule is CN=C(NCCN1CCOCC1)NCC(c1cccc(Cl)c1)N1CCCC1. The number of nitrogens with zero attached hydrogens (tertiary/aromatic N) is 3. The van der Waals surface area contributed by atoms with Gasteiger partial charge in [0.05, 0.1) is 19.3 Å². The normalized spacial score (nSPS) is 20.6. The average molecular weight is 394 g/mol. The van der Waals surface area contributed by atoms with Crippen molar-refractivity contribution in [1.82, 2.24) is 20.4 Å². The van der Waals surface area contributed by atoms with Crippen LogP contribution < -0.4 is 10.6 Å². The van der Waals surface area contributed by atoms with Gasteiger partial charge in [-0.15, -0.1) is 0 Å². The Balaban J connectivity index is 1.51. The van der Waals surface area contributed by atoms with Crippen LogP contribution in [-0.2, 0) is 4.74 Å². The van der Waals surface area contributed by atoms with E-state index >= 15 is 0 Å². The van der Waals surface area contributed by atoms with E-state index in [0.717, 1.165) is 70.0 Å². The van der Waals surface area contributed by atoms with E-state index in [1.165, 1.54) is 18.4 Å². The van der Waals surface area contributed by atoms with Crippen LogP contribution in [0.1, 0.15) is 24.4 Å². The van der Waals surface area contributed by atoms with Crippen LogP contribution in [0.15, 0.2) is 29.3 Å². The summed E-state index contributed by atoms with van der Waals surface area (Å²) in [7, 11) is 1.83. The number of guanidine groups is 1. The van der Waals surface area contributed by atoms with Crippen molar-refractivity contribution < 1.29 is 4.74 Å². The fourth-order valence-electron chi connectivity index (χ4n) is 3.80. The molecule has 0 saturated carbocycles. The summed E-state index contributed by atoms with van der Waals surface area (Å²) in [6.07, 6.45) is 2.53. The van der Waals surface area contributed by atoms with Gasteiger partial charge in [0, 0.05) is 44.8 Å². The molecule has 1 aromatic rings. The number of hydrogen-bond acceptors (Lipinski definition) is 4. The molecule has 2 aliphatic heterocycles. The number of likely N-dealkylation sites (tertiary alicyclic amines) is 1. The van der Waals surface area contributed by atoms with E-state index < -0.39 is 0 Å². The molecule has 1 unspecified atom stereocenters. The molecule has 3 rings (SSSR count). The van der Waals surface area contributed by atoms with Crippen molar-refractivity contribution in [3.63, 3.8) is 0 Å². The highest BCUT2D eigenvalue weighted by atomic mass is 35.5. The minimum Gasteiger partial charge on any atom is -0.379 e. The number of hydrogen-bond donors (Lipinski definition) is 2. The molecule has 0 amide bonds. The van der Waals surface area contributed by atoms with Crippen LogP contribution in [0.2, 0.25) is 5.02 Å². The molecule has 1 atom stereocenters. The summed E-state index contributed by atoms with van der Waals surface area (Å²) in [6.45, 7) is 8.69. The lowest BCUT2D eigenvalue weighted by Crippen LogP contribution is -2.46. The standard InChI is InChI=1S/C20H32ClN5O/c1-22-20(23-7-10-25-11-13-27-14-12-25)24-16-19(26-8-2-3-9-26)17-5-4-6-18(21)15-17/h4-6,15,19H,2-3,7-14,16H2,1H3,(H2,22,23,24). The third kappa shape index (κ3) is 6.35. The second kappa shape index (κ2) is 10.9. The number of aliphatic imine (C=N–C) groups is 1. The summed E-state index contributed by atoms with van der Waals surface area (Å²) in [5.41, 5.74) is 1.26. The zero-order valence-electron chi connectivity index (χ0n) is 16.3. The summed E-state index contributed by atoms with van der Waals surface area (Å²) in [5, 5.41) is 7.75. The lowest BCUT2D eigenvalue weighted by atomic mass is 10.1. The highest BCUT2D eigenvalue weighted by molar-refractivity contribution is 6.30. The van der Waals surface area contributed by atoms with E-state index in [2.05, 4.69) is 37.6 Å². The van der Waals surface area contributed by atoms with Gasteiger partial charge < -0.3 is 15.4 Å². The van der Waals surface area contributed by atoms with Crippen molar-refractivity contribution in [3.05, 3.63) is 34.9 Å². The molecular formula is C20H32ClN5O. The van der Waals surface area contributed by atoms with Crippen molar-refractivity contribution in [2.24, 2.45) is 4.99 Å². The highest BCUT2D eigenvalue weighted by Gasteiger charge is 2.23. The first-order valence-corrected chi connectivity index (χ1v) is 10.4. The summed E-state index contributed by atoms with van der Waals surface area (Å²) >= 11 is 6.24. The van der Waals surface area contributed by atoms with Gasteiger partial charge in [-0.2, -0.15) is 0 Å². The maximum Gasteiger partial charge on any atom is 0.191 e. The van der Waals surface area contributed by atoms with Crippen LogP contribution in [0.25, 0.3) is 0 Å². The van der Waals surface area contributed by atoms with E-state index in [-0.39, 0.29) is 0 Å². The van der Waals surface area contributed by atoms with Gasteiger partial charge in [-0.1, -0.05) is 23.7 Å². The number of benzene rings is 1. The minimum absolute atomic E-state index is 0.309. The predicted molar refractivity (Wildman–Crippen MR) is 112 cm³/mol. The van der Waals surface area contributed by atoms with Gasteiger partial charge in [-0.3, -0.25) is 14.8 Å². The van der Waals surface area contributed by atoms with Crippen LogP contribution >= 0.6 is 11.6 Å². The Kier molecular flexibility index (Phi) is 8.20. The number of morpholine rings is 1. The molecule has 0 radical (unpaired) electrons. The Morgan fingerprint density at radius 1 is 1.19 bits per heavy atom. The van der Waals surface area contributed by atoms with Gasteiger partial charge in [0.1, 0.15) is 0 Å². The molecule has 2 saturated heterocycles. The summed E-state index contributed by atoms with van der Waals surface area (Å²) in [5.74, 6) is 0.856. The van der Waals surface area contributed by atoms with Gasteiger partial charge in [-0.05, 0) is 43.6 Å². The van der Waals surface area contributed by atoms with E-state index in [0.29, 0.717) is 6.04 Å². The van der Waals surface area contributed by atoms with Gasteiger partial charge >= 0.3 is 0 Å². The number of ether oxygens (including phenoxy) is 1. The highest BCUT2D eigenvalue weighted by Crippen LogP contribution is 2.26. The van der Waals surface area contributed by atoms with E-state index in [1.54, 1.807) is 0 Å².